The Morgan fingerprint density at radius 1 is 1.23 bits per heavy atom. The minimum atomic E-state index is 0.173. The van der Waals surface area contributed by atoms with Crippen LogP contribution in [0.1, 0.15) is 43.3 Å². The van der Waals surface area contributed by atoms with Crippen LogP contribution in [0.4, 0.5) is 5.82 Å². The van der Waals surface area contributed by atoms with Crippen molar-refractivity contribution in [3.8, 4) is 0 Å². The molecule has 1 N–H and O–H groups in total. The van der Waals surface area contributed by atoms with Crippen molar-refractivity contribution in [3.63, 3.8) is 0 Å². The molecule has 1 aliphatic carbocycles. The molecule has 0 bridgehead atoms. The lowest BCUT2D eigenvalue weighted by atomic mass is 10.2. The summed E-state index contributed by atoms with van der Waals surface area (Å²) >= 11 is 0. The molecule has 5 nitrogen and oxygen atoms in total. The zero-order valence-corrected chi connectivity index (χ0v) is 12.5. The highest BCUT2D eigenvalue weighted by Crippen LogP contribution is 2.38. The standard InChI is InChI=1S/C17H18N4O/c1-11(17-20-13-4-2-3-5-14(13)22-17)10-19-15-8-9-18-16(21-15)12-6-7-12/h2-5,8-9,11-12H,6-7,10H2,1H3,(H,18,19,21). The van der Waals surface area contributed by atoms with Crippen LogP contribution in [0.25, 0.3) is 11.1 Å². The van der Waals surface area contributed by atoms with Gasteiger partial charge in [0.2, 0.25) is 0 Å². The van der Waals surface area contributed by atoms with Crippen LogP contribution >= 0.6 is 0 Å². The van der Waals surface area contributed by atoms with Gasteiger partial charge < -0.3 is 9.73 Å². The molecule has 0 saturated heterocycles. The van der Waals surface area contributed by atoms with Crippen molar-refractivity contribution in [2.24, 2.45) is 0 Å². The van der Waals surface area contributed by atoms with Crippen LogP contribution in [0.2, 0.25) is 0 Å². The molecule has 0 spiro atoms. The van der Waals surface area contributed by atoms with E-state index in [-0.39, 0.29) is 5.92 Å². The van der Waals surface area contributed by atoms with Gasteiger partial charge in [-0.2, -0.15) is 0 Å². The summed E-state index contributed by atoms with van der Waals surface area (Å²) in [5.74, 6) is 3.33. The summed E-state index contributed by atoms with van der Waals surface area (Å²) in [5.41, 5.74) is 1.74. The molecule has 3 aromatic rings. The topological polar surface area (TPSA) is 63.8 Å². The smallest absolute Gasteiger partial charge is 0.200 e. The number of aromatic nitrogens is 3. The Morgan fingerprint density at radius 2 is 2.09 bits per heavy atom. The van der Waals surface area contributed by atoms with E-state index in [0.717, 1.165) is 35.2 Å². The van der Waals surface area contributed by atoms with E-state index in [9.17, 15) is 0 Å². The highest BCUT2D eigenvalue weighted by atomic mass is 16.3. The van der Waals surface area contributed by atoms with Gasteiger partial charge in [0.25, 0.3) is 0 Å². The second kappa shape index (κ2) is 5.40. The summed E-state index contributed by atoms with van der Waals surface area (Å²) in [6.45, 7) is 2.83. The van der Waals surface area contributed by atoms with Gasteiger partial charge in [-0.25, -0.2) is 15.0 Å². The number of rotatable bonds is 5. The number of nitrogens with zero attached hydrogens (tertiary/aromatic N) is 3. The second-order valence-corrected chi connectivity index (χ2v) is 5.88. The summed E-state index contributed by atoms with van der Waals surface area (Å²) in [4.78, 5) is 13.4. The Kier molecular flexibility index (Phi) is 3.25. The molecule has 0 radical (unpaired) electrons. The van der Waals surface area contributed by atoms with E-state index in [2.05, 4.69) is 27.2 Å². The molecule has 2 aromatic heterocycles. The highest BCUT2D eigenvalue weighted by molar-refractivity contribution is 5.72. The predicted octanol–water partition coefficient (Wildman–Crippen LogP) is 3.71. The van der Waals surface area contributed by atoms with Gasteiger partial charge >= 0.3 is 0 Å². The minimum absolute atomic E-state index is 0.173. The van der Waals surface area contributed by atoms with Crippen LogP contribution in [0.5, 0.6) is 0 Å². The number of hydrogen-bond donors (Lipinski definition) is 1. The largest absolute Gasteiger partial charge is 0.440 e. The maximum absolute atomic E-state index is 5.81. The molecule has 1 fully saturated rings. The van der Waals surface area contributed by atoms with E-state index >= 15 is 0 Å². The van der Waals surface area contributed by atoms with Crippen LogP contribution in [0.15, 0.2) is 40.9 Å². The van der Waals surface area contributed by atoms with E-state index in [4.69, 9.17) is 4.42 Å². The highest BCUT2D eigenvalue weighted by Gasteiger charge is 2.26. The van der Waals surface area contributed by atoms with Crippen molar-refractivity contribution >= 4 is 16.9 Å². The van der Waals surface area contributed by atoms with Gasteiger partial charge in [-0.3, -0.25) is 0 Å². The first-order valence-electron chi connectivity index (χ1n) is 7.72. The third kappa shape index (κ3) is 2.66. The van der Waals surface area contributed by atoms with E-state index in [1.165, 1.54) is 12.8 Å². The monoisotopic (exact) mass is 294 g/mol. The number of fused-ring (bicyclic) bond motifs is 1. The van der Waals surface area contributed by atoms with Gasteiger partial charge in [0.1, 0.15) is 17.2 Å². The van der Waals surface area contributed by atoms with E-state index < -0.39 is 0 Å². The second-order valence-electron chi connectivity index (χ2n) is 5.88. The molecule has 1 atom stereocenters. The first-order chi connectivity index (χ1) is 10.8. The van der Waals surface area contributed by atoms with Crippen LogP contribution in [0, 0.1) is 0 Å². The summed E-state index contributed by atoms with van der Waals surface area (Å²) in [7, 11) is 0. The van der Waals surface area contributed by atoms with E-state index in [1.807, 2.05) is 36.5 Å². The molecule has 1 aromatic carbocycles. The van der Waals surface area contributed by atoms with Gasteiger partial charge in [0.15, 0.2) is 11.5 Å². The lowest BCUT2D eigenvalue weighted by Crippen LogP contribution is -2.11. The van der Waals surface area contributed by atoms with Crippen LogP contribution in [-0.4, -0.2) is 21.5 Å². The maximum Gasteiger partial charge on any atom is 0.200 e. The molecule has 4 rings (SSSR count). The third-order valence-corrected chi connectivity index (χ3v) is 3.94. The average Bonchev–Trinajstić information content (AvgIpc) is 3.31. The van der Waals surface area contributed by atoms with Crippen molar-refractivity contribution in [1.29, 1.82) is 0 Å². The summed E-state index contributed by atoms with van der Waals surface area (Å²) in [6, 6.07) is 9.75. The van der Waals surface area contributed by atoms with Gasteiger partial charge in [0, 0.05) is 18.7 Å². The lowest BCUT2D eigenvalue weighted by molar-refractivity contribution is 0.494. The van der Waals surface area contributed by atoms with Crippen molar-refractivity contribution in [1.82, 2.24) is 15.0 Å². The average molecular weight is 294 g/mol. The number of benzene rings is 1. The SMILES string of the molecule is CC(CNc1ccnc(C2CC2)n1)c1nc2ccccc2o1. The lowest BCUT2D eigenvalue weighted by Gasteiger charge is -2.10. The normalized spacial score (nSPS) is 15.9. The summed E-state index contributed by atoms with van der Waals surface area (Å²) in [6.07, 6.45) is 4.25. The fraction of sp³-hybridized carbons (Fsp3) is 0.353. The maximum atomic E-state index is 5.81. The molecule has 0 aliphatic heterocycles. The zero-order valence-electron chi connectivity index (χ0n) is 12.5. The van der Waals surface area contributed by atoms with Crippen molar-refractivity contribution in [2.75, 3.05) is 11.9 Å². The Balaban J connectivity index is 1.45. The van der Waals surface area contributed by atoms with Crippen molar-refractivity contribution in [3.05, 3.63) is 48.2 Å². The van der Waals surface area contributed by atoms with Gasteiger partial charge in [-0.05, 0) is 31.0 Å². The molecule has 22 heavy (non-hydrogen) atoms. The Morgan fingerprint density at radius 3 is 2.91 bits per heavy atom. The van der Waals surface area contributed by atoms with E-state index in [0.29, 0.717) is 5.92 Å². The molecular formula is C17H18N4O. The molecule has 1 unspecified atom stereocenters. The molecule has 2 heterocycles. The van der Waals surface area contributed by atoms with Crippen LogP contribution < -0.4 is 5.32 Å². The third-order valence-electron chi connectivity index (χ3n) is 3.94. The van der Waals surface area contributed by atoms with Crippen LogP contribution in [-0.2, 0) is 0 Å². The Bertz CT molecular complexity index is 761. The predicted molar refractivity (Wildman–Crippen MR) is 84.9 cm³/mol. The number of para-hydroxylation sites is 2. The van der Waals surface area contributed by atoms with Crippen LogP contribution in [0.3, 0.4) is 0 Å². The Labute approximate surface area is 128 Å². The molecular weight excluding hydrogens is 276 g/mol. The van der Waals surface area contributed by atoms with Crippen molar-refractivity contribution in [2.45, 2.75) is 31.6 Å². The Hall–Kier alpha value is -2.43. The number of nitrogens with one attached hydrogen (secondary N) is 1. The molecule has 112 valence electrons. The summed E-state index contributed by atoms with van der Waals surface area (Å²) < 4.78 is 5.81. The number of hydrogen-bond acceptors (Lipinski definition) is 5. The molecule has 0 amide bonds. The zero-order chi connectivity index (χ0) is 14.9. The van der Waals surface area contributed by atoms with Gasteiger partial charge in [-0.1, -0.05) is 19.1 Å². The molecule has 1 saturated carbocycles. The minimum Gasteiger partial charge on any atom is -0.440 e. The van der Waals surface area contributed by atoms with Gasteiger partial charge in [-0.15, -0.1) is 0 Å². The fourth-order valence-electron chi connectivity index (χ4n) is 2.46. The fourth-order valence-corrected chi connectivity index (χ4v) is 2.46. The molecule has 5 heteroatoms. The summed E-state index contributed by atoms with van der Waals surface area (Å²) in [5, 5.41) is 3.36. The van der Waals surface area contributed by atoms with E-state index in [1.54, 1.807) is 0 Å². The quantitative estimate of drug-likeness (QED) is 0.777. The first kappa shape index (κ1) is 13.2. The molecule has 1 aliphatic rings. The first-order valence-corrected chi connectivity index (χ1v) is 7.72. The van der Waals surface area contributed by atoms with Gasteiger partial charge in [0.05, 0.1) is 5.92 Å². The number of oxazole rings is 1. The van der Waals surface area contributed by atoms with Crippen molar-refractivity contribution < 1.29 is 4.42 Å². The number of anilines is 1.